The van der Waals surface area contributed by atoms with Crippen molar-refractivity contribution in [3.8, 4) is 5.75 Å². The second-order valence-electron chi connectivity index (χ2n) is 4.14. The smallest absolute Gasteiger partial charge is 0.120 e. The predicted octanol–water partition coefficient (Wildman–Crippen LogP) is 2.68. The number of carbonyl (C=O) groups is 1. The lowest BCUT2D eigenvalue weighted by atomic mass is 9.91. The van der Waals surface area contributed by atoms with Gasteiger partial charge in [0.1, 0.15) is 12.0 Å². The first-order valence-electron chi connectivity index (χ1n) is 4.75. The first kappa shape index (κ1) is 10.8. The lowest BCUT2D eigenvalue weighted by Gasteiger charge is -2.21. The number of hydrogen-bond donors (Lipinski definition) is 0. The minimum absolute atomic E-state index is 0.0857. The van der Waals surface area contributed by atoms with Crippen LogP contribution in [0.1, 0.15) is 20.3 Å². The summed E-state index contributed by atoms with van der Waals surface area (Å²) in [6.07, 6.45) is 1.47. The van der Waals surface area contributed by atoms with Crippen LogP contribution in [0, 0.1) is 5.41 Å². The molecule has 0 saturated carbocycles. The molecule has 0 saturated heterocycles. The maximum atomic E-state index is 10.4. The molecule has 14 heavy (non-hydrogen) atoms. The fourth-order valence-corrected chi connectivity index (χ4v) is 1.08. The molecule has 0 radical (unpaired) electrons. The molecule has 1 aromatic carbocycles. The number of ether oxygens (including phenoxy) is 1. The second-order valence-corrected chi connectivity index (χ2v) is 4.14. The summed E-state index contributed by atoms with van der Waals surface area (Å²) in [7, 11) is 0. The van der Waals surface area contributed by atoms with Gasteiger partial charge in [-0.05, 0) is 12.1 Å². The van der Waals surface area contributed by atoms with Gasteiger partial charge in [-0.2, -0.15) is 0 Å². The summed E-state index contributed by atoms with van der Waals surface area (Å²) in [6.45, 7) is 4.60. The van der Waals surface area contributed by atoms with Crippen LogP contribution < -0.4 is 4.74 Å². The van der Waals surface area contributed by atoms with Gasteiger partial charge in [0.25, 0.3) is 0 Å². The molecule has 76 valence electrons. The monoisotopic (exact) mass is 192 g/mol. The average Bonchev–Trinajstić information content (AvgIpc) is 2.17. The Morgan fingerprint density at radius 3 is 2.50 bits per heavy atom. The van der Waals surface area contributed by atoms with Crippen LogP contribution in [-0.4, -0.2) is 12.9 Å². The molecule has 2 heteroatoms. The second kappa shape index (κ2) is 4.80. The molecule has 0 aliphatic rings. The molecule has 0 spiro atoms. The summed E-state index contributed by atoms with van der Waals surface area (Å²) in [5.74, 6) is 0.853. The Morgan fingerprint density at radius 2 is 1.93 bits per heavy atom. The summed E-state index contributed by atoms with van der Waals surface area (Å²) in [5.41, 5.74) is -0.0857. The molecular weight excluding hydrogens is 176 g/mol. The van der Waals surface area contributed by atoms with E-state index in [2.05, 4.69) is 0 Å². The van der Waals surface area contributed by atoms with Crippen LogP contribution in [-0.2, 0) is 4.79 Å². The van der Waals surface area contributed by atoms with Gasteiger partial charge in [-0.25, -0.2) is 0 Å². The van der Waals surface area contributed by atoms with E-state index in [-0.39, 0.29) is 5.41 Å². The van der Waals surface area contributed by atoms with Crippen molar-refractivity contribution in [2.24, 2.45) is 5.41 Å². The Balaban J connectivity index is 2.44. The lowest BCUT2D eigenvalue weighted by molar-refractivity contribution is -0.109. The van der Waals surface area contributed by atoms with Crippen molar-refractivity contribution in [1.82, 2.24) is 0 Å². The van der Waals surface area contributed by atoms with Crippen LogP contribution >= 0.6 is 0 Å². The molecule has 0 fully saturated rings. The highest BCUT2D eigenvalue weighted by Crippen LogP contribution is 2.20. The van der Waals surface area contributed by atoms with Crippen LogP contribution in [0.15, 0.2) is 30.3 Å². The largest absolute Gasteiger partial charge is 0.493 e. The van der Waals surface area contributed by atoms with Gasteiger partial charge in [-0.1, -0.05) is 32.0 Å². The number of aldehydes is 1. The number of benzene rings is 1. The van der Waals surface area contributed by atoms with Crippen LogP contribution in [0.25, 0.3) is 0 Å². The van der Waals surface area contributed by atoms with E-state index in [1.54, 1.807) is 0 Å². The summed E-state index contributed by atoms with van der Waals surface area (Å²) in [5, 5.41) is 0. The van der Waals surface area contributed by atoms with Gasteiger partial charge in [-0.3, -0.25) is 0 Å². The van der Waals surface area contributed by atoms with Crippen LogP contribution in [0.5, 0.6) is 5.75 Å². The van der Waals surface area contributed by atoms with Gasteiger partial charge in [-0.15, -0.1) is 0 Å². The Hall–Kier alpha value is -1.31. The van der Waals surface area contributed by atoms with E-state index in [9.17, 15) is 4.79 Å². The van der Waals surface area contributed by atoms with Crippen LogP contribution in [0.4, 0.5) is 0 Å². The van der Waals surface area contributed by atoms with Gasteiger partial charge < -0.3 is 9.53 Å². The quantitative estimate of drug-likeness (QED) is 0.670. The van der Waals surface area contributed by atoms with E-state index >= 15 is 0 Å². The van der Waals surface area contributed by atoms with Crippen molar-refractivity contribution < 1.29 is 9.53 Å². The molecule has 1 rings (SSSR count). The molecule has 0 aliphatic carbocycles. The maximum Gasteiger partial charge on any atom is 0.120 e. The van der Waals surface area contributed by atoms with E-state index in [1.165, 1.54) is 0 Å². The standard InChI is InChI=1S/C12H16O2/c1-12(2,8-9-13)10-14-11-6-4-3-5-7-11/h3-7,9H,8,10H2,1-2H3. The number of hydrogen-bond acceptors (Lipinski definition) is 2. The van der Waals surface area contributed by atoms with Gasteiger partial charge in [0.2, 0.25) is 0 Å². The highest BCUT2D eigenvalue weighted by Gasteiger charge is 2.17. The SMILES string of the molecule is CC(C)(CC=O)COc1ccccc1. The molecule has 2 nitrogen and oxygen atoms in total. The first-order chi connectivity index (χ1) is 6.64. The maximum absolute atomic E-state index is 10.4. The highest BCUT2D eigenvalue weighted by molar-refractivity contribution is 5.50. The summed E-state index contributed by atoms with van der Waals surface area (Å²) < 4.78 is 5.56. The van der Waals surface area contributed by atoms with Gasteiger partial charge in [0.15, 0.2) is 0 Å². The Kier molecular flexibility index (Phi) is 3.69. The molecule has 0 N–H and O–H groups in total. The highest BCUT2D eigenvalue weighted by atomic mass is 16.5. The Morgan fingerprint density at radius 1 is 1.29 bits per heavy atom. The van der Waals surface area contributed by atoms with E-state index in [0.29, 0.717) is 13.0 Å². The molecule has 0 atom stereocenters. The van der Waals surface area contributed by atoms with E-state index in [1.807, 2.05) is 44.2 Å². The van der Waals surface area contributed by atoms with Crippen molar-refractivity contribution in [2.75, 3.05) is 6.61 Å². The molecule has 0 amide bonds. The topological polar surface area (TPSA) is 26.3 Å². The van der Waals surface area contributed by atoms with E-state index < -0.39 is 0 Å². The zero-order valence-corrected chi connectivity index (χ0v) is 8.69. The molecule has 1 aromatic rings. The Labute approximate surface area is 84.9 Å². The van der Waals surface area contributed by atoms with Crippen molar-refractivity contribution in [2.45, 2.75) is 20.3 Å². The Bertz CT molecular complexity index is 278. The zero-order chi connectivity index (χ0) is 10.4. The predicted molar refractivity (Wildman–Crippen MR) is 56.4 cm³/mol. The third kappa shape index (κ3) is 3.60. The summed E-state index contributed by atoms with van der Waals surface area (Å²) in [4.78, 5) is 10.4. The summed E-state index contributed by atoms with van der Waals surface area (Å²) >= 11 is 0. The zero-order valence-electron chi connectivity index (χ0n) is 8.69. The van der Waals surface area contributed by atoms with Gasteiger partial charge >= 0.3 is 0 Å². The normalized spacial score (nSPS) is 11.0. The summed E-state index contributed by atoms with van der Waals surface area (Å²) in [6, 6.07) is 9.64. The molecule has 0 aromatic heterocycles. The third-order valence-corrected chi connectivity index (χ3v) is 2.01. The van der Waals surface area contributed by atoms with Crippen molar-refractivity contribution in [3.05, 3.63) is 30.3 Å². The fraction of sp³-hybridized carbons (Fsp3) is 0.417. The number of rotatable bonds is 5. The third-order valence-electron chi connectivity index (χ3n) is 2.01. The molecular formula is C12H16O2. The number of para-hydroxylation sites is 1. The minimum Gasteiger partial charge on any atom is -0.493 e. The van der Waals surface area contributed by atoms with Crippen molar-refractivity contribution >= 4 is 6.29 Å². The van der Waals surface area contributed by atoms with Gasteiger partial charge in [0.05, 0.1) is 6.61 Å². The molecule has 0 unspecified atom stereocenters. The fourth-order valence-electron chi connectivity index (χ4n) is 1.08. The first-order valence-corrected chi connectivity index (χ1v) is 4.75. The average molecular weight is 192 g/mol. The van der Waals surface area contributed by atoms with Crippen molar-refractivity contribution in [3.63, 3.8) is 0 Å². The number of carbonyl (C=O) groups excluding carboxylic acids is 1. The van der Waals surface area contributed by atoms with Gasteiger partial charge in [0, 0.05) is 11.8 Å². The molecule has 0 bridgehead atoms. The van der Waals surface area contributed by atoms with Crippen molar-refractivity contribution in [1.29, 1.82) is 0 Å². The minimum atomic E-state index is -0.0857. The van der Waals surface area contributed by atoms with Crippen LogP contribution in [0.3, 0.4) is 0 Å². The van der Waals surface area contributed by atoms with E-state index in [4.69, 9.17) is 4.74 Å². The van der Waals surface area contributed by atoms with E-state index in [0.717, 1.165) is 12.0 Å². The lowest BCUT2D eigenvalue weighted by Crippen LogP contribution is -2.21. The van der Waals surface area contributed by atoms with Crippen LogP contribution in [0.2, 0.25) is 0 Å². The molecule has 0 aliphatic heterocycles. The molecule has 0 heterocycles.